The lowest BCUT2D eigenvalue weighted by Gasteiger charge is -2.12. The highest BCUT2D eigenvalue weighted by molar-refractivity contribution is 7.89. The maximum absolute atomic E-state index is 12.0. The zero-order valence-corrected chi connectivity index (χ0v) is 10.00. The van der Waals surface area contributed by atoms with Gasteiger partial charge in [-0.3, -0.25) is 0 Å². The van der Waals surface area contributed by atoms with Crippen LogP contribution in [0.3, 0.4) is 0 Å². The standard InChI is InChI=1S/C9H16N4O2S/c1-7(5-10)12-16(14,15)9-6-11-8-3-2-4-13(8)9/h6-7,12H,2-5,10H2,1H3/t7-/m1/s1. The number of hydrogen-bond donors (Lipinski definition) is 2. The molecule has 0 fully saturated rings. The molecule has 0 aliphatic carbocycles. The molecule has 1 atom stereocenters. The number of imidazole rings is 1. The molecule has 90 valence electrons. The first kappa shape index (κ1) is 11.6. The fraction of sp³-hybridized carbons (Fsp3) is 0.667. The number of nitrogens with one attached hydrogen (secondary N) is 1. The Balaban J connectivity index is 2.29. The van der Waals surface area contributed by atoms with Gasteiger partial charge in [0.2, 0.25) is 0 Å². The summed E-state index contributed by atoms with van der Waals surface area (Å²) in [6.45, 7) is 2.74. The van der Waals surface area contributed by atoms with Crippen molar-refractivity contribution < 1.29 is 8.42 Å². The second-order valence-corrected chi connectivity index (χ2v) is 5.69. The van der Waals surface area contributed by atoms with Crippen LogP contribution in [0.25, 0.3) is 0 Å². The molecule has 0 radical (unpaired) electrons. The third-order valence-corrected chi connectivity index (χ3v) is 4.26. The third-order valence-electron chi connectivity index (χ3n) is 2.67. The predicted octanol–water partition coefficient (Wildman–Crippen LogP) is -0.545. The molecule has 6 nitrogen and oxygen atoms in total. The Kier molecular flexibility index (Phi) is 3.00. The summed E-state index contributed by atoms with van der Waals surface area (Å²) in [4.78, 5) is 4.11. The summed E-state index contributed by atoms with van der Waals surface area (Å²) in [5.41, 5.74) is 5.40. The van der Waals surface area contributed by atoms with E-state index in [0.717, 1.165) is 25.2 Å². The summed E-state index contributed by atoms with van der Waals surface area (Å²) in [5, 5.41) is 0.250. The minimum absolute atomic E-state index is 0.250. The van der Waals surface area contributed by atoms with Crippen molar-refractivity contribution in [2.45, 2.75) is 37.4 Å². The molecule has 1 aromatic heterocycles. The van der Waals surface area contributed by atoms with Crippen LogP contribution in [-0.4, -0.2) is 30.6 Å². The minimum Gasteiger partial charge on any atom is -0.329 e. The summed E-state index contributed by atoms with van der Waals surface area (Å²) < 4.78 is 28.3. The molecule has 0 aromatic carbocycles. The topological polar surface area (TPSA) is 90.0 Å². The van der Waals surface area contributed by atoms with Gasteiger partial charge in [-0.2, -0.15) is 0 Å². The van der Waals surface area contributed by atoms with Crippen LogP contribution in [0.1, 0.15) is 19.2 Å². The van der Waals surface area contributed by atoms with E-state index < -0.39 is 10.0 Å². The van der Waals surface area contributed by atoms with Crippen LogP contribution in [0.15, 0.2) is 11.2 Å². The molecule has 2 heterocycles. The zero-order valence-electron chi connectivity index (χ0n) is 9.18. The van der Waals surface area contributed by atoms with Gasteiger partial charge >= 0.3 is 0 Å². The Labute approximate surface area is 94.9 Å². The van der Waals surface area contributed by atoms with E-state index >= 15 is 0 Å². The van der Waals surface area contributed by atoms with Crippen molar-refractivity contribution in [1.29, 1.82) is 0 Å². The van der Waals surface area contributed by atoms with Gasteiger partial charge < -0.3 is 10.3 Å². The Morgan fingerprint density at radius 3 is 3.12 bits per heavy atom. The van der Waals surface area contributed by atoms with E-state index in [9.17, 15) is 8.42 Å². The maximum atomic E-state index is 12.0. The SMILES string of the molecule is C[C@H](CN)NS(=O)(=O)c1cnc2n1CCC2. The molecule has 7 heteroatoms. The molecule has 0 saturated heterocycles. The lowest BCUT2D eigenvalue weighted by Crippen LogP contribution is -2.38. The summed E-state index contributed by atoms with van der Waals surface area (Å²) in [6, 6.07) is -0.266. The van der Waals surface area contributed by atoms with E-state index in [1.54, 1.807) is 11.5 Å². The molecule has 16 heavy (non-hydrogen) atoms. The van der Waals surface area contributed by atoms with Gasteiger partial charge in [-0.15, -0.1) is 0 Å². The predicted molar refractivity (Wildman–Crippen MR) is 59.4 cm³/mol. The van der Waals surface area contributed by atoms with E-state index in [1.807, 2.05) is 0 Å². The van der Waals surface area contributed by atoms with E-state index in [2.05, 4.69) is 9.71 Å². The Bertz CT molecular complexity index is 480. The number of aryl methyl sites for hydroxylation is 1. The van der Waals surface area contributed by atoms with Gasteiger partial charge in [-0.05, 0) is 13.3 Å². The van der Waals surface area contributed by atoms with Crippen molar-refractivity contribution in [1.82, 2.24) is 14.3 Å². The molecule has 0 bridgehead atoms. The van der Waals surface area contributed by atoms with Crippen LogP contribution in [0.2, 0.25) is 0 Å². The number of nitrogens with two attached hydrogens (primary N) is 1. The van der Waals surface area contributed by atoms with Gasteiger partial charge in [-0.1, -0.05) is 0 Å². The van der Waals surface area contributed by atoms with E-state index in [0.29, 0.717) is 0 Å². The van der Waals surface area contributed by atoms with Crippen molar-refractivity contribution in [3.63, 3.8) is 0 Å². The van der Waals surface area contributed by atoms with Crippen molar-refractivity contribution in [2.24, 2.45) is 5.73 Å². The number of aromatic nitrogens is 2. The molecular weight excluding hydrogens is 228 g/mol. The molecule has 1 aromatic rings. The lowest BCUT2D eigenvalue weighted by atomic mass is 10.4. The van der Waals surface area contributed by atoms with Gasteiger partial charge in [0.1, 0.15) is 5.82 Å². The summed E-state index contributed by atoms with van der Waals surface area (Å²) >= 11 is 0. The van der Waals surface area contributed by atoms with Gasteiger partial charge in [0, 0.05) is 25.6 Å². The van der Waals surface area contributed by atoms with E-state index in [1.165, 1.54) is 6.20 Å². The maximum Gasteiger partial charge on any atom is 0.258 e. The first-order valence-electron chi connectivity index (χ1n) is 5.31. The lowest BCUT2D eigenvalue weighted by molar-refractivity contribution is 0.548. The number of sulfonamides is 1. The van der Waals surface area contributed by atoms with Crippen molar-refractivity contribution in [3.8, 4) is 0 Å². The van der Waals surface area contributed by atoms with Crippen molar-refractivity contribution >= 4 is 10.0 Å². The van der Waals surface area contributed by atoms with Crippen LogP contribution in [0, 0.1) is 0 Å². The van der Waals surface area contributed by atoms with E-state index in [4.69, 9.17) is 5.73 Å². The smallest absolute Gasteiger partial charge is 0.258 e. The normalized spacial score (nSPS) is 17.4. The first-order chi connectivity index (χ1) is 7.54. The highest BCUT2D eigenvalue weighted by atomic mass is 32.2. The molecule has 1 aliphatic heterocycles. The van der Waals surface area contributed by atoms with Gasteiger partial charge in [0.15, 0.2) is 5.03 Å². The Hall–Kier alpha value is -0.920. The fourth-order valence-electron chi connectivity index (χ4n) is 1.82. The van der Waals surface area contributed by atoms with Crippen LogP contribution in [0.5, 0.6) is 0 Å². The zero-order chi connectivity index (χ0) is 11.8. The van der Waals surface area contributed by atoms with Crippen molar-refractivity contribution in [2.75, 3.05) is 6.54 Å². The number of rotatable bonds is 4. The molecule has 0 saturated carbocycles. The minimum atomic E-state index is -3.48. The molecule has 0 unspecified atom stereocenters. The highest BCUT2D eigenvalue weighted by Crippen LogP contribution is 2.19. The van der Waals surface area contributed by atoms with Crippen LogP contribution in [-0.2, 0) is 23.0 Å². The van der Waals surface area contributed by atoms with Gasteiger partial charge in [0.05, 0.1) is 6.20 Å². The molecule has 3 N–H and O–H groups in total. The second-order valence-electron chi connectivity index (χ2n) is 4.03. The number of nitrogens with zero attached hydrogens (tertiary/aromatic N) is 2. The number of fused-ring (bicyclic) bond motifs is 1. The van der Waals surface area contributed by atoms with Gasteiger partial charge in [0.25, 0.3) is 10.0 Å². The molecule has 0 spiro atoms. The quantitative estimate of drug-likeness (QED) is 0.744. The average Bonchev–Trinajstić information content (AvgIpc) is 2.76. The highest BCUT2D eigenvalue weighted by Gasteiger charge is 2.25. The molecule has 0 amide bonds. The van der Waals surface area contributed by atoms with E-state index in [-0.39, 0.29) is 17.6 Å². The summed E-state index contributed by atoms with van der Waals surface area (Å²) in [6.07, 6.45) is 3.22. The molecule has 2 rings (SSSR count). The second kappa shape index (κ2) is 4.15. The van der Waals surface area contributed by atoms with Crippen LogP contribution >= 0.6 is 0 Å². The van der Waals surface area contributed by atoms with Crippen molar-refractivity contribution in [3.05, 3.63) is 12.0 Å². The summed E-state index contributed by atoms with van der Waals surface area (Å²) in [5.74, 6) is 0.848. The Morgan fingerprint density at radius 1 is 1.69 bits per heavy atom. The average molecular weight is 244 g/mol. The monoisotopic (exact) mass is 244 g/mol. The van der Waals surface area contributed by atoms with Crippen LogP contribution < -0.4 is 10.5 Å². The number of hydrogen-bond acceptors (Lipinski definition) is 4. The molecular formula is C9H16N4O2S. The third kappa shape index (κ3) is 1.98. The van der Waals surface area contributed by atoms with Crippen LogP contribution in [0.4, 0.5) is 0 Å². The largest absolute Gasteiger partial charge is 0.329 e. The van der Waals surface area contributed by atoms with Gasteiger partial charge in [-0.25, -0.2) is 18.1 Å². The fourth-order valence-corrected chi connectivity index (χ4v) is 3.24. The molecule has 1 aliphatic rings. The summed E-state index contributed by atoms with van der Waals surface area (Å²) in [7, 11) is -3.48. The Morgan fingerprint density at radius 2 is 2.44 bits per heavy atom. The first-order valence-corrected chi connectivity index (χ1v) is 6.79.